The summed E-state index contributed by atoms with van der Waals surface area (Å²) in [5, 5.41) is 0. The van der Waals surface area contributed by atoms with Gasteiger partial charge in [0.25, 0.3) is 0 Å². The quantitative estimate of drug-likeness (QED) is 0.780. The number of nitrogens with zero attached hydrogens (tertiary/aromatic N) is 6. The van der Waals surface area contributed by atoms with Crippen LogP contribution in [0.4, 0.5) is 10.6 Å². The van der Waals surface area contributed by atoms with Crippen LogP contribution in [0.1, 0.15) is 39.7 Å². The van der Waals surface area contributed by atoms with Crippen molar-refractivity contribution in [1.29, 1.82) is 0 Å². The van der Waals surface area contributed by atoms with Gasteiger partial charge in [0.2, 0.25) is 0 Å². The Morgan fingerprint density at radius 1 is 1.11 bits per heavy atom. The van der Waals surface area contributed by atoms with Crippen LogP contribution in [0.3, 0.4) is 0 Å². The molecule has 2 saturated heterocycles. The first-order valence-electron chi connectivity index (χ1n) is 9.90. The van der Waals surface area contributed by atoms with E-state index in [1.807, 2.05) is 27.1 Å². The van der Waals surface area contributed by atoms with Gasteiger partial charge in [-0.05, 0) is 33.6 Å². The van der Waals surface area contributed by atoms with E-state index in [0.717, 1.165) is 42.9 Å². The first-order valence-corrected chi connectivity index (χ1v) is 9.90. The molecule has 0 atom stereocenters. The number of fused-ring (bicyclic) bond motifs is 1. The number of morpholine rings is 1. The number of hydrogen-bond acceptors (Lipinski definition) is 7. The summed E-state index contributed by atoms with van der Waals surface area (Å²) >= 11 is 0. The lowest BCUT2D eigenvalue weighted by Gasteiger charge is -2.34. The number of amides is 1. The molecule has 2 aliphatic heterocycles. The number of piperidine rings is 1. The molecular weight excluding hydrogens is 360 g/mol. The third-order valence-corrected chi connectivity index (χ3v) is 5.16. The highest BCUT2D eigenvalue weighted by Crippen LogP contribution is 2.29. The van der Waals surface area contributed by atoms with Crippen molar-refractivity contribution in [2.75, 3.05) is 44.3 Å². The Balaban J connectivity index is 1.48. The van der Waals surface area contributed by atoms with Crippen molar-refractivity contribution in [2.24, 2.45) is 0 Å². The third kappa shape index (κ3) is 3.89. The fourth-order valence-corrected chi connectivity index (χ4v) is 3.77. The number of anilines is 1. The summed E-state index contributed by atoms with van der Waals surface area (Å²) in [6.07, 6.45) is 4.93. The normalized spacial score (nSPS) is 19.2. The van der Waals surface area contributed by atoms with Crippen molar-refractivity contribution in [3.05, 3.63) is 12.7 Å². The molecule has 0 aliphatic carbocycles. The fourth-order valence-electron chi connectivity index (χ4n) is 3.77. The minimum atomic E-state index is -0.471. The maximum absolute atomic E-state index is 12.3. The predicted octanol–water partition coefficient (Wildman–Crippen LogP) is 2.23. The second-order valence-electron chi connectivity index (χ2n) is 8.32. The van der Waals surface area contributed by atoms with E-state index in [2.05, 4.69) is 24.4 Å². The van der Waals surface area contributed by atoms with E-state index in [1.54, 1.807) is 11.2 Å². The van der Waals surface area contributed by atoms with Crippen molar-refractivity contribution in [3.63, 3.8) is 0 Å². The van der Waals surface area contributed by atoms with Crippen LogP contribution in [0.15, 0.2) is 12.7 Å². The van der Waals surface area contributed by atoms with Gasteiger partial charge in [0.1, 0.15) is 11.9 Å². The van der Waals surface area contributed by atoms with Crippen LogP contribution in [-0.2, 0) is 9.47 Å². The largest absolute Gasteiger partial charge is 0.444 e. The zero-order valence-electron chi connectivity index (χ0n) is 16.8. The standard InChI is InChI=1S/C19H28N6O3/c1-19(2,3)28-18(26)24-6-4-14(5-7-24)25-13-22-15-16(20-12-21-17(15)25)23-8-10-27-11-9-23/h12-14H,4-11H2,1-3H3. The number of aromatic nitrogens is 4. The lowest BCUT2D eigenvalue weighted by molar-refractivity contribution is 0.0189. The Morgan fingerprint density at radius 3 is 2.50 bits per heavy atom. The smallest absolute Gasteiger partial charge is 0.410 e. The second kappa shape index (κ2) is 7.54. The van der Waals surface area contributed by atoms with Gasteiger partial charge in [0.15, 0.2) is 17.0 Å². The van der Waals surface area contributed by atoms with E-state index in [4.69, 9.17) is 9.47 Å². The summed E-state index contributed by atoms with van der Waals surface area (Å²) in [6.45, 7) is 10.0. The maximum atomic E-state index is 12.3. The van der Waals surface area contributed by atoms with Gasteiger partial charge in [0.05, 0.1) is 19.5 Å². The van der Waals surface area contributed by atoms with Gasteiger partial charge in [0, 0.05) is 32.2 Å². The van der Waals surface area contributed by atoms with Crippen LogP contribution in [-0.4, -0.2) is 75.5 Å². The summed E-state index contributed by atoms with van der Waals surface area (Å²) in [4.78, 5) is 29.9. The monoisotopic (exact) mass is 388 g/mol. The fraction of sp³-hybridized carbons (Fsp3) is 0.684. The van der Waals surface area contributed by atoms with Gasteiger partial charge in [-0.2, -0.15) is 0 Å². The van der Waals surface area contributed by atoms with E-state index >= 15 is 0 Å². The molecule has 0 bridgehead atoms. The molecule has 0 saturated carbocycles. The summed E-state index contributed by atoms with van der Waals surface area (Å²) in [5.74, 6) is 0.873. The van der Waals surface area contributed by atoms with Gasteiger partial charge in [-0.25, -0.2) is 19.7 Å². The van der Waals surface area contributed by atoms with Crippen LogP contribution in [0, 0.1) is 0 Å². The summed E-state index contributed by atoms with van der Waals surface area (Å²) in [7, 11) is 0. The van der Waals surface area contributed by atoms with Crippen LogP contribution in [0.5, 0.6) is 0 Å². The molecule has 0 unspecified atom stereocenters. The first kappa shape index (κ1) is 18.9. The van der Waals surface area contributed by atoms with E-state index in [1.165, 1.54) is 0 Å². The number of imidazole rings is 1. The Kier molecular flexibility index (Phi) is 5.09. The number of carbonyl (C=O) groups excluding carboxylic acids is 1. The molecule has 4 rings (SSSR count). The highest BCUT2D eigenvalue weighted by atomic mass is 16.6. The average molecular weight is 388 g/mol. The molecule has 2 fully saturated rings. The maximum Gasteiger partial charge on any atom is 0.410 e. The number of carbonyl (C=O) groups is 1. The third-order valence-electron chi connectivity index (χ3n) is 5.16. The Morgan fingerprint density at radius 2 is 1.82 bits per heavy atom. The van der Waals surface area contributed by atoms with Crippen LogP contribution >= 0.6 is 0 Å². The Hall–Kier alpha value is -2.42. The number of ether oxygens (including phenoxy) is 2. The molecule has 152 valence electrons. The summed E-state index contributed by atoms with van der Waals surface area (Å²) in [6, 6.07) is 0.260. The lowest BCUT2D eigenvalue weighted by atomic mass is 10.1. The molecule has 9 heteroatoms. The van der Waals surface area contributed by atoms with Gasteiger partial charge < -0.3 is 23.8 Å². The first-order chi connectivity index (χ1) is 13.4. The molecule has 0 spiro atoms. The average Bonchev–Trinajstić information content (AvgIpc) is 3.11. The molecular formula is C19H28N6O3. The van der Waals surface area contributed by atoms with Crippen molar-refractivity contribution < 1.29 is 14.3 Å². The highest BCUT2D eigenvalue weighted by molar-refractivity contribution is 5.83. The van der Waals surface area contributed by atoms with Gasteiger partial charge in [-0.15, -0.1) is 0 Å². The van der Waals surface area contributed by atoms with E-state index in [-0.39, 0.29) is 12.1 Å². The van der Waals surface area contributed by atoms with Crippen LogP contribution in [0.25, 0.3) is 11.2 Å². The van der Waals surface area contributed by atoms with Gasteiger partial charge in [-0.1, -0.05) is 0 Å². The number of hydrogen-bond donors (Lipinski definition) is 0. The predicted molar refractivity (Wildman–Crippen MR) is 104 cm³/mol. The zero-order valence-corrected chi connectivity index (χ0v) is 16.8. The molecule has 2 aliphatic rings. The number of likely N-dealkylation sites (tertiary alicyclic amines) is 1. The molecule has 9 nitrogen and oxygen atoms in total. The second-order valence-corrected chi connectivity index (χ2v) is 8.32. The van der Waals surface area contributed by atoms with Gasteiger partial charge in [-0.3, -0.25) is 0 Å². The van der Waals surface area contributed by atoms with E-state index < -0.39 is 5.60 Å². The Labute approximate surface area is 164 Å². The van der Waals surface area contributed by atoms with E-state index in [9.17, 15) is 4.79 Å². The molecule has 0 radical (unpaired) electrons. The van der Waals surface area contributed by atoms with Crippen molar-refractivity contribution in [3.8, 4) is 0 Å². The summed E-state index contributed by atoms with van der Waals surface area (Å²) < 4.78 is 13.1. The molecule has 2 aromatic heterocycles. The molecule has 0 aromatic carbocycles. The van der Waals surface area contributed by atoms with Crippen molar-refractivity contribution in [1.82, 2.24) is 24.4 Å². The zero-order chi connectivity index (χ0) is 19.7. The SMILES string of the molecule is CC(C)(C)OC(=O)N1CCC(n2cnc3c(N4CCOCC4)ncnc32)CC1. The minimum absolute atomic E-state index is 0.238. The van der Waals surface area contributed by atoms with E-state index in [0.29, 0.717) is 26.3 Å². The molecule has 0 N–H and O–H groups in total. The van der Waals surface area contributed by atoms with Crippen molar-refractivity contribution >= 4 is 23.1 Å². The van der Waals surface area contributed by atoms with Gasteiger partial charge >= 0.3 is 6.09 Å². The lowest BCUT2D eigenvalue weighted by Crippen LogP contribution is -2.42. The number of rotatable bonds is 2. The van der Waals surface area contributed by atoms with Crippen LogP contribution < -0.4 is 4.90 Å². The summed E-state index contributed by atoms with van der Waals surface area (Å²) in [5.41, 5.74) is 1.22. The molecule has 28 heavy (non-hydrogen) atoms. The van der Waals surface area contributed by atoms with Crippen LogP contribution in [0.2, 0.25) is 0 Å². The molecule has 4 heterocycles. The topological polar surface area (TPSA) is 85.6 Å². The molecule has 1 amide bonds. The molecule has 2 aromatic rings. The Bertz CT molecular complexity index is 832. The van der Waals surface area contributed by atoms with Crippen molar-refractivity contribution in [2.45, 2.75) is 45.3 Å². The minimum Gasteiger partial charge on any atom is -0.444 e. The highest BCUT2D eigenvalue weighted by Gasteiger charge is 2.29.